The largest absolute Gasteiger partial charge is 0.301 e. The molecule has 0 saturated carbocycles. The van der Waals surface area contributed by atoms with Gasteiger partial charge in [0.2, 0.25) is 0 Å². The first-order valence-electron chi connectivity index (χ1n) is 6.37. The van der Waals surface area contributed by atoms with E-state index >= 15 is 0 Å². The fourth-order valence-electron chi connectivity index (χ4n) is 2.46. The molecule has 0 spiro atoms. The van der Waals surface area contributed by atoms with Crippen LogP contribution < -0.4 is 0 Å². The second kappa shape index (κ2) is 5.33. The zero-order valence-corrected chi connectivity index (χ0v) is 11.2. The summed E-state index contributed by atoms with van der Waals surface area (Å²) in [6, 6.07) is 4.29. The molecule has 2 atom stereocenters. The Kier molecular flexibility index (Phi) is 3.97. The van der Waals surface area contributed by atoms with Crippen LogP contribution in [0.3, 0.4) is 0 Å². The van der Waals surface area contributed by atoms with E-state index in [0.29, 0.717) is 11.6 Å². The first kappa shape index (κ1) is 13.4. The SMILES string of the molecule is CC1CN(C(C)c2cc(F)cc(F)c2)CCN1C. The van der Waals surface area contributed by atoms with Crippen molar-refractivity contribution in [2.45, 2.75) is 25.9 Å². The normalized spacial score (nSPS) is 24.2. The fraction of sp³-hybridized carbons (Fsp3) is 0.571. The van der Waals surface area contributed by atoms with Gasteiger partial charge in [-0.3, -0.25) is 4.90 Å². The molecule has 1 aromatic rings. The zero-order valence-electron chi connectivity index (χ0n) is 11.2. The van der Waals surface area contributed by atoms with E-state index in [9.17, 15) is 8.78 Å². The van der Waals surface area contributed by atoms with E-state index in [4.69, 9.17) is 0 Å². The van der Waals surface area contributed by atoms with E-state index in [1.807, 2.05) is 6.92 Å². The first-order valence-corrected chi connectivity index (χ1v) is 6.37. The third-order valence-corrected chi connectivity index (χ3v) is 3.91. The predicted molar refractivity (Wildman–Crippen MR) is 68.4 cm³/mol. The summed E-state index contributed by atoms with van der Waals surface area (Å²) in [6.07, 6.45) is 0. The summed E-state index contributed by atoms with van der Waals surface area (Å²) in [5.74, 6) is -1.00. The third-order valence-electron chi connectivity index (χ3n) is 3.91. The Hall–Kier alpha value is -1.00. The Bertz CT molecular complexity index is 402. The topological polar surface area (TPSA) is 6.48 Å². The molecular formula is C14H20F2N2. The van der Waals surface area contributed by atoms with Crippen LogP contribution in [0.1, 0.15) is 25.5 Å². The number of nitrogens with zero attached hydrogens (tertiary/aromatic N) is 2. The minimum absolute atomic E-state index is 0.0475. The molecule has 0 bridgehead atoms. The van der Waals surface area contributed by atoms with Crippen molar-refractivity contribution in [1.29, 1.82) is 0 Å². The molecule has 1 saturated heterocycles. The van der Waals surface area contributed by atoms with E-state index in [-0.39, 0.29) is 6.04 Å². The number of piperazine rings is 1. The van der Waals surface area contributed by atoms with Crippen molar-refractivity contribution in [2.24, 2.45) is 0 Å². The molecule has 0 radical (unpaired) electrons. The van der Waals surface area contributed by atoms with Crippen LogP contribution in [-0.4, -0.2) is 42.5 Å². The minimum Gasteiger partial charge on any atom is -0.301 e. The average Bonchev–Trinajstić information content (AvgIpc) is 2.30. The van der Waals surface area contributed by atoms with Gasteiger partial charge in [-0.05, 0) is 38.6 Å². The van der Waals surface area contributed by atoms with Crippen molar-refractivity contribution < 1.29 is 8.78 Å². The van der Waals surface area contributed by atoms with Gasteiger partial charge in [-0.1, -0.05) is 0 Å². The minimum atomic E-state index is -0.501. The standard InChI is InChI=1S/C14H20F2N2/c1-10-9-18(5-4-17(10)3)11(2)12-6-13(15)8-14(16)7-12/h6-8,10-11H,4-5,9H2,1-3H3. The number of halogens is 2. The number of rotatable bonds is 2. The molecule has 4 heteroatoms. The van der Waals surface area contributed by atoms with Gasteiger partial charge in [-0.15, -0.1) is 0 Å². The maximum absolute atomic E-state index is 13.2. The molecule has 1 aliphatic rings. The second-order valence-electron chi connectivity index (χ2n) is 5.20. The number of hydrogen-bond donors (Lipinski definition) is 0. The molecule has 2 rings (SSSR count). The van der Waals surface area contributed by atoms with Crippen molar-refractivity contribution in [3.63, 3.8) is 0 Å². The van der Waals surface area contributed by atoms with Crippen molar-refractivity contribution >= 4 is 0 Å². The lowest BCUT2D eigenvalue weighted by atomic mass is 10.0. The van der Waals surface area contributed by atoms with Crippen LogP contribution in [0.4, 0.5) is 8.78 Å². The van der Waals surface area contributed by atoms with E-state index in [0.717, 1.165) is 25.7 Å². The summed E-state index contributed by atoms with van der Waals surface area (Å²) in [4.78, 5) is 4.58. The molecule has 0 N–H and O–H groups in total. The molecular weight excluding hydrogens is 234 g/mol. The van der Waals surface area contributed by atoms with Crippen LogP contribution in [0, 0.1) is 11.6 Å². The van der Waals surface area contributed by atoms with Crippen molar-refractivity contribution in [1.82, 2.24) is 9.80 Å². The molecule has 0 aliphatic carbocycles. The maximum atomic E-state index is 13.2. The Labute approximate surface area is 107 Å². The van der Waals surface area contributed by atoms with Crippen molar-refractivity contribution in [3.8, 4) is 0 Å². The lowest BCUT2D eigenvalue weighted by molar-refractivity contribution is 0.0773. The fourth-order valence-corrected chi connectivity index (χ4v) is 2.46. The summed E-state index contributed by atoms with van der Waals surface area (Å²) in [5.41, 5.74) is 0.712. The van der Waals surface area contributed by atoms with Crippen LogP contribution in [0.15, 0.2) is 18.2 Å². The molecule has 2 nitrogen and oxygen atoms in total. The Morgan fingerprint density at radius 1 is 1.17 bits per heavy atom. The second-order valence-corrected chi connectivity index (χ2v) is 5.20. The number of hydrogen-bond acceptors (Lipinski definition) is 2. The van der Waals surface area contributed by atoms with Crippen LogP contribution in [0.2, 0.25) is 0 Å². The van der Waals surface area contributed by atoms with Gasteiger partial charge < -0.3 is 4.90 Å². The zero-order chi connectivity index (χ0) is 13.3. The van der Waals surface area contributed by atoms with E-state index < -0.39 is 11.6 Å². The lowest BCUT2D eigenvalue weighted by Crippen LogP contribution is -2.50. The monoisotopic (exact) mass is 254 g/mol. The molecule has 2 unspecified atom stereocenters. The van der Waals surface area contributed by atoms with E-state index in [1.54, 1.807) is 0 Å². The van der Waals surface area contributed by atoms with Crippen molar-refractivity contribution in [2.75, 3.05) is 26.7 Å². The quantitative estimate of drug-likeness (QED) is 0.800. The van der Waals surface area contributed by atoms with Gasteiger partial charge >= 0.3 is 0 Å². The molecule has 1 heterocycles. The maximum Gasteiger partial charge on any atom is 0.126 e. The summed E-state index contributed by atoms with van der Waals surface area (Å²) in [6.45, 7) is 7.02. The van der Waals surface area contributed by atoms with Crippen LogP contribution in [0.25, 0.3) is 0 Å². The highest BCUT2D eigenvalue weighted by Crippen LogP contribution is 2.24. The molecule has 1 fully saturated rings. The summed E-state index contributed by atoms with van der Waals surface area (Å²) in [7, 11) is 2.11. The number of benzene rings is 1. The Morgan fingerprint density at radius 2 is 1.78 bits per heavy atom. The van der Waals surface area contributed by atoms with Crippen molar-refractivity contribution in [3.05, 3.63) is 35.4 Å². The first-order chi connectivity index (χ1) is 8.47. The van der Waals surface area contributed by atoms with E-state index in [2.05, 4.69) is 23.8 Å². The third kappa shape index (κ3) is 2.87. The predicted octanol–water partition coefficient (Wildman–Crippen LogP) is 2.66. The smallest absolute Gasteiger partial charge is 0.126 e. The van der Waals surface area contributed by atoms with Gasteiger partial charge in [-0.2, -0.15) is 0 Å². The highest BCUT2D eigenvalue weighted by atomic mass is 19.1. The Balaban J connectivity index is 2.13. The Morgan fingerprint density at radius 3 is 2.33 bits per heavy atom. The van der Waals surface area contributed by atoms with Gasteiger partial charge in [0.1, 0.15) is 11.6 Å². The summed E-state index contributed by atoms with van der Waals surface area (Å²) in [5, 5.41) is 0. The molecule has 0 amide bonds. The summed E-state index contributed by atoms with van der Waals surface area (Å²) < 4.78 is 26.5. The van der Waals surface area contributed by atoms with Gasteiger partial charge in [0.15, 0.2) is 0 Å². The highest BCUT2D eigenvalue weighted by molar-refractivity contribution is 5.21. The van der Waals surface area contributed by atoms with Gasteiger partial charge in [0.05, 0.1) is 0 Å². The molecule has 100 valence electrons. The lowest BCUT2D eigenvalue weighted by Gasteiger charge is -2.40. The van der Waals surface area contributed by atoms with Crippen LogP contribution >= 0.6 is 0 Å². The number of likely N-dealkylation sites (N-methyl/N-ethyl adjacent to an activating group) is 1. The molecule has 0 aromatic heterocycles. The average molecular weight is 254 g/mol. The molecule has 1 aromatic carbocycles. The van der Waals surface area contributed by atoms with Gasteiger partial charge in [0.25, 0.3) is 0 Å². The van der Waals surface area contributed by atoms with Gasteiger partial charge in [0, 0.05) is 37.8 Å². The van der Waals surface area contributed by atoms with Gasteiger partial charge in [-0.25, -0.2) is 8.78 Å². The molecule has 18 heavy (non-hydrogen) atoms. The van der Waals surface area contributed by atoms with Crippen LogP contribution in [-0.2, 0) is 0 Å². The van der Waals surface area contributed by atoms with E-state index in [1.165, 1.54) is 12.1 Å². The summed E-state index contributed by atoms with van der Waals surface area (Å²) >= 11 is 0. The molecule has 1 aliphatic heterocycles. The highest BCUT2D eigenvalue weighted by Gasteiger charge is 2.25. The van der Waals surface area contributed by atoms with Crippen LogP contribution in [0.5, 0.6) is 0 Å².